The first kappa shape index (κ1) is 12.1. The molecule has 5 N–H and O–H groups in total. The van der Waals surface area contributed by atoms with E-state index in [0.29, 0.717) is 10.6 Å². The number of halogens is 2. The Hall–Kier alpha value is -0.970. The SMILES string of the molecule is NC(=O)CC(N)c1cc(Cl)cc(Cl)c1O. The quantitative estimate of drug-likeness (QED) is 0.759. The Morgan fingerprint density at radius 2 is 2.07 bits per heavy atom. The van der Waals surface area contributed by atoms with Crippen LogP contribution in [0.5, 0.6) is 5.75 Å². The zero-order chi connectivity index (χ0) is 11.6. The molecule has 1 aromatic rings. The van der Waals surface area contributed by atoms with Crippen molar-refractivity contribution in [3.8, 4) is 5.75 Å². The second-order valence-electron chi connectivity index (χ2n) is 3.10. The zero-order valence-electron chi connectivity index (χ0n) is 7.71. The molecule has 0 aromatic heterocycles. The number of amides is 1. The van der Waals surface area contributed by atoms with E-state index in [9.17, 15) is 9.90 Å². The van der Waals surface area contributed by atoms with E-state index in [1.807, 2.05) is 0 Å². The van der Waals surface area contributed by atoms with Crippen LogP contribution >= 0.6 is 23.2 Å². The Labute approximate surface area is 96.8 Å². The fraction of sp³-hybridized carbons (Fsp3) is 0.222. The molecule has 15 heavy (non-hydrogen) atoms. The monoisotopic (exact) mass is 248 g/mol. The molecule has 0 aliphatic rings. The maximum absolute atomic E-state index is 10.7. The van der Waals surface area contributed by atoms with Gasteiger partial charge in [-0.3, -0.25) is 4.79 Å². The molecule has 1 atom stereocenters. The number of hydrogen-bond acceptors (Lipinski definition) is 3. The Morgan fingerprint density at radius 3 is 2.60 bits per heavy atom. The van der Waals surface area contributed by atoms with Crippen molar-refractivity contribution in [3.63, 3.8) is 0 Å². The number of carbonyl (C=O) groups excluding carboxylic acids is 1. The van der Waals surface area contributed by atoms with Crippen molar-refractivity contribution in [2.24, 2.45) is 11.5 Å². The van der Waals surface area contributed by atoms with Gasteiger partial charge in [-0.1, -0.05) is 23.2 Å². The first-order chi connectivity index (χ1) is 6.91. The Morgan fingerprint density at radius 1 is 1.47 bits per heavy atom. The van der Waals surface area contributed by atoms with Crippen molar-refractivity contribution in [2.45, 2.75) is 12.5 Å². The third-order valence-electron chi connectivity index (χ3n) is 1.88. The van der Waals surface area contributed by atoms with Crippen molar-refractivity contribution < 1.29 is 9.90 Å². The van der Waals surface area contributed by atoms with E-state index in [0.717, 1.165) is 0 Å². The topological polar surface area (TPSA) is 89.3 Å². The van der Waals surface area contributed by atoms with Gasteiger partial charge >= 0.3 is 0 Å². The van der Waals surface area contributed by atoms with Gasteiger partial charge in [-0.05, 0) is 12.1 Å². The van der Waals surface area contributed by atoms with Crippen LogP contribution < -0.4 is 11.5 Å². The van der Waals surface area contributed by atoms with Gasteiger partial charge in [0.2, 0.25) is 5.91 Å². The number of phenols is 1. The van der Waals surface area contributed by atoms with Crippen molar-refractivity contribution in [1.82, 2.24) is 0 Å². The lowest BCUT2D eigenvalue weighted by atomic mass is 10.0. The molecule has 82 valence electrons. The largest absolute Gasteiger partial charge is 0.506 e. The Balaban J connectivity index is 3.07. The molecule has 4 nitrogen and oxygen atoms in total. The number of primary amides is 1. The third kappa shape index (κ3) is 2.99. The van der Waals surface area contributed by atoms with Crippen LogP contribution in [0, 0.1) is 0 Å². The van der Waals surface area contributed by atoms with Gasteiger partial charge in [0.05, 0.1) is 5.02 Å². The van der Waals surface area contributed by atoms with E-state index in [-0.39, 0.29) is 17.2 Å². The lowest BCUT2D eigenvalue weighted by molar-refractivity contribution is -0.118. The molecule has 0 radical (unpaired) electrons. The van der Waals surface area contributed by atoms with Gasteiger partial charge in [0, 0.05) is 23.0 Å². The second-order valence-corrected chi connectivity index (χ2v) is 3.95. The molecule has 0 heterocycles. The highest BCUT2D eigenvalue weighted by Crippen LogP contribution is 2.34. The Bertz CT molecular complexity index is 396. The summed E-state index contributed by atoms with van der Waals surface area (Å²) in [6, 6.07) is 2.13. The second kappa shape index (κ2) is 4.70. The summed E-state index contributed by atoms with van der Waals surface area (Å²) in [4.78, 5) is 10.7. The fourth-order valence-electron chi connectivity index (χ4n) is 1.20. The van der Waals surface area contributed by atoms with Crippen LogP contribution in [-0.2, 0) is 4.79 Å². The summed E-state index contributed by atoms with van der Waals surface area (Å²) in [7, 11) is 0. The van der Waals surface area contributed by atoms with E-state index in [1.165, 1.54) is 12.1 Å². The Kier molecular flexibility index (Phi) is 3.79. The van der Waals surface area contributed by atoms with Crippen LogP contribution in [0.25, 0.3) is 0 Å². The van der Waals surface area contributed by atoms with Gasteiger partial charge in [-0.2, -0.15) is 0 Å². The highest BCUT2D eigenvalue weighted by molar-refractivity contribution is 6.35. The van der Waals surface area contributed by atoms with Crippen LogP contribution in [-0.4, -0.2) is 11.0 Å². The number of phenolic OH excluding ortho intramolecular Hbond substituents is 1. The molecular weight excluding hydrogens is 239 g/mol. The van der Waals surface area contributed by atoms with Gasteiger partial charge in [-0.15, -0.1) is 0 Å². The van der Waals surface area contributed by atoms with Gasteiger partial charge in [-0.25, -0.2) is 0 Å². The van der Waals surface area contributed by atoms with Gasteiger partial charge < -0.3 is 16.6 Å². The van der Waals surface area contributed by atoms with Crippen LogP contribution in [0.2, 0.25) is 10.0 Å². The standard InChI is InChI=1S/C9H10Cl2N2O2/c10-4-1-5(7(12)3-8(13)14)9(15)6(11)2-4/h1-2,7,15H,3,12H2,(H2,13,14). The van der Waals surface area contributed by atoms with Crippen molar-refractivity contribution in [3.05, 3.63) is 27.7 Å². The van der Waals surface area contributed by atoms with Crippen LogP contribution in [0.3, 0.4) is 0 Å². The zero-order valence-corrected chi connectivity index (χ0v) is 9.22. The molecule has 0 aliphatic carbocycles. The summed E-state index contributed by atoms with van der Waals surface area (Å²) < 4.78 is 0. The molecule has 0 fully saturated rings. The summed E-state index contributed by atoms with van der Waals surface area (Å²) in [5.41, 5.74) is 11.0. The molecule has 0 saturated carbocycles. The van der Waals surface area contributed by atoms with Crippen LogP contribution in [0.4, 0.5) is 0 Å². The highest BCUT2D eigenvalue weighted by atomic mass is 35.5. The predicted molar refractivity (Wildman–Crippen MR) is 58.9 cm³/mol. The van der Waals surface area contributed by atoms with E-state index < -0.39 is 11.9 Å². The molecule has 1 unspecified atom stereocenters. The number of rotatable bonds is 3. The van der Waals surface area contributed by atoms with E-state index in [2.05, 4.69) is 0 Å². The molecule has 1 aromatic carbocycles. The normalized spacial score (nSPS) is 12.5. The van der Waals surface area contributed by atoms with Crippen LogP contribution in [0.1, 0.15) is 18.0 Å². The summed E-state index contributed by atoms with van der Waals surface area (Å²) in [6.45, 7) is 0. The van der Waals surface area contributed by atoms with E-state index in [4.69, 9.17) is 34.7 Å². The summed E-state index contributed by atoms with van der Waals surface area (Å²) >= 11 is 11.4. The van der Waals surface area contributed by atoms with Crippen molar-refractivity contribution in [2.75, 3.05) is 0 Å². The maximum Gasteiger partial charge on any atom is 0.219 e. The summed E-state index contributed by atoms with van der Waals surface area (Å²) in [5, 5.41) is 10.0. The van der Waals surface area contributed by atoms with Crippen LogP contribution in [0.15, 0.2) is 12.1 Å². The smallest absolute Gasteiger partial charge is 0.219 e. The molecular formula is C9H10Cl2N2O2. The molecule has 6 heteroatoms. The van der Waals surface area contributed by atoms with Gasteiger partial charge in [0.15, 0.2) is 0 Å². The molecule has 0 bridgehead atoms. The number of aromatic hydroxyl groups is 1. The lowest BCUT2D eigenvalue weighted by Crippen LogP contribution is -2.20. The number of nitrogens with two attached hydrogens (primary N) is 2. The van der Waals surface area contributed by atoms with E-state index in [1.54, 1.807) is 0 Å². The average molecular weight is 249 g/mol. The fourth-order valence-corrected chi connectivity index (χ4v) is 1.70. The highest BCUT2D eigenvalue weighted by Gasteiger charge is 2.16. The summed E-state index contributed by atoms with van der Waals surface area (Å²) in [5.74, 6) is -0.729. The molecule has 0 aliphatic heterocycles. The molecule has 1 amide bonds. The maximum atomic E-state index is 10.7. The molecule has 1 rings (SSSR count). The van der Waals surface area contributed by atoms with E-state index >= 15 is 0 Å². The third-order valence-corrected chi connectivity index (χ3v) is 2.38. The number of hydrogen-bond donors (Lipinski definition) is 3. The minimum absolute atomic E-state index is 0.0791. The number of benzene rings is 1. The predicted octanol–water partition coefficient (Wildman–Crippen LogP) is 1.57. The first-order valence-corrected chi connectivity index (χ1v) is 4.89. The number of carbonyl (C=O) groups is 1. The minimum atomic E-state index is -0.710. The molecule has 0 saturated heterocycles. The minimum Gasteiger partial charge on any atom is -0.506 e. The van der Waals surface area contributed by atoms with Gasteiger partial charge in [0.25, 0.3) is 0 Å². The summed E-state index contributed by atoms with van der Waals surface area (Å²) in [6.07, 6.45) is -0.0791. The van der Waals surface area contributed by atoms with Gasteiger partial charge in [0.1, 0.15) is 5.75 Å². The van der Waals surface area contributed by atoms with Crippen molar-refractivity contribution >= 4 is 29.1 Å². The average Bonchev–Trinajstić information content (AvgIpc) is 2.09. The van der Waals surface area contributed by atoms with Crippen molar-refractivity contribution in [1.29, 1.82) is 0 Å². The lowest BCUT2D eigenvalue weighted by Gasteiger charge is -2.13. The molecule has 0 spiro atoms. The first-order valence-electron chi connectivity index (χ1n) is 4.13.